The highest BCUT2D eigenvalue weighted by atomic mass is 19.1. The number of amides is 3. The maximum absolute atomic E-state index is 13.9. The smallest absolute Gasteiger partial charge is 0.287 e. The standard InChI is InChI=1S/C17H12F2N2O4/c18-10-6-4-9(5-7-10)8-20-15(22)14-11-2-1-3-12(19)13(11)16(23)21(25)17(14)24/h1-7,14,25H,8H2,(H,20,22). The summed E-state index contributed by atoms with van der Waals surface area (Å²) in [4.78, 5) is 36.4. The van der Waals surface area contributed by atoms with Crippen LogP contribution < -0.4 is 5.32 Å². The first kappa shape index (κ1) is 16.7. The summed E-state index contributed by atoms with van der Waals surface area (Å²) in [7, 11) is 0. The Morgan fingerprint density at radius 3 is 2.48 bits per heavy atom. The zero-order valence-electron chi connectivity index (χ0n) is 12.7. The molecule has 0 spiro atoms. The number of imide groups is 1. The van der Waals surface area contributed by atoms with Crippen LogP contribution in [0.3, 0.4) is 0 Å². The highest BCUT2D eigenvalue weighted by Crippen LogP contribution is 2.30. The number of rotatable bonds is 3. The third-order valence-electron chi connectivity index (χ3n) is 3.86. The van der Waals surface area contributed by atoms with E-state index in [1.807, 2.05) is 0 Å². The maximum atomic E-state index is 13.9. The molecule has 0 bridgehead atoms. The Morgan fingerprint density at radius 2 is 1.80 bits per heavy atom. The first-order valence-corrected chi connectivity index (χ1v) is 7.28. The van der Waals surface area contributed by atoms with Crippen LogP contribution in [0.15, 0.2) is 42.5 Å². The summed E-state index contributed by atoms with van der Waals surface area (Å²) in [6.45, 7) is -0.00703. The molecule has 0 saturated heterocycles. The van der Waals surface area contributed by atoms with Crippen molar-refractivity contribution in [2.75, 3.05) is 0 Å². The van der Waals surface area contributed by atoms with Crippen LogP contribution in [0, 0.1) is 11.6 Å². The Morgan fingerprint density at radius 1 is 1.12 bits per heavy atom. The highest BCUT2D eigenvalue weighted by Gasteiger charge is 2.43. The van der Waals surface area contributed by atoms with Crippen molar-refractivity contribution in [2.45, 2.75) is 12.5 Å². The number of hydrogen-bond acceptors (Lipinski definition) is 4. The molecule has 25 heavy (non-hydrogen) atoms. The van der Waals surface area contributed by atoms with E-state index in [-0.39, 0.29) is 17.2 Å². The quantitative estimate of drug-likeness (QED) is 0.503. The van der Waals surface area contributed by atoms with Gasteiger partial charge in [-0.1, -0.05) is 24.3 Å². The van der Waals surface area contributed by atoms with E-state index >= 15 is 0 Å². The molecule has 2 aromatic carbocycles. The molecule has 1 aliphatic rings. The minimum atomic E-state index is -1.56. The second-order valence-electron chi connectivity index (χ2n) is 5.44. The first-order valence-electron chi connectivity index (χ1n) is 7.28. The minimum Gasteiger partial charge on any atom is -0.351 e. The molecule has 0 aromatic heterocycles. The third-order valence-corrected chi connectivity index (χ3v) is 3.86. The number of fused-ring (bicyclic) bond motifs is 1. The predicted molar refractivity (Wildman–Crippen MR) is 80.4 cm³/mol. The van der Waals surface area contributed by atoms with Crippen LogP contribution in [0.1, 0.15) is 27.4 Å². The largest absolute Gasteiger partial charge is 0.351 e. The van der Waals surface area contributed by atoms with Gasteiger partial charge in [-0.3, -0.25) is 19.6 Å². The lowest BCUT2D eigenvalue weighted by Crippen LogP contribution is -2.48. The molecule has 1 aliphatic heterocycles. The van der Waals surface area contributed by atoms with Crippen LogP contribution in [-0.2, 0) is 16.1 Å². The number of benzene rings is 2. The molecule has 2 N–H and O–H groups in total. The number of nitrogens with zero attached hydrogens (tertiary/aromatic N) is 1. The van der Waals surface area contributed by atoms with Crippen molar-refractivity contribution in [2.24, 2.45) is 0 Å². The van der Waals surface area contributed by atoms with Crippen LogP contribution in [-0.4, -0.2) is 28.0 Å². The van der Waals surface area contributed by atoms with Gasteiger partial charge in [0.05, 0.1) is 5.56 Å². The minimum absolute atomic E-state index is 0.00703. The van der Waals surface area contributed by atoms with Crippen LogP contribution in [0.4, 0.5) is 8.78 Å². The summed E-state index contributed by atoms with van der Waals surface area (Å²) < 4.78 is 26.8. The lowest BCUT2D eigenvalue weighted by atomic mass is 9.88. The van der Waals surface area contributed by atoms with E-state index in [1.165, 1.54) is 36.4 Å². The second-order valence-corrected chi connectivity index (χ2v) is 5.44. The molecule has 0 aliphatic carbocycles. The van der Waals surface area contributed by atoms with Gasteiger partial charge < -0.3 is 5.32 Å². The van der Waals surface area contributed by atoms with E-state index in [0.29, 0.717) is 5.56 Å². The molecular weight excluding hydrogens is 334 g/mol. The van der Waals surface area contributed by atoms with Crippen molar-refractivity contribution in [3.8, 4) is 0 Å². The van der Waals surface area contributed by atoms with Gasteiger partial charge in [0, 0.05) is 6.54 Å². The lowest BCUT2D eigenvalue weighted by Gasteiger charge is -2.27. The van der Waals surface area contributed by atoms with Crippen molar-refractivity contribution >= 4 is 17.7 Å². The van der Waals surface area contributed by atoms with Gasteiger partial charge in [0.15, 0.2) is 0 Å². The Labute approximate surface area is 140 Å². The molecule has 1 heterocycles. The molecule has 1 atom stereocenters. The summed E-state index contributed by atoms with van der Waals surface area (Å²) in [5.41, 5.74) is -0.0576. The van der Waals surface area contributed by atoms with Crippen LogP contribution in [0.5, 0.6) is 0 Å². The second kappa shape index (κ2) is 6.40. The Kier molecular flexibility index (Phi) is 4.28. The highest BCUT2D eigenvalue weighted by molar-refractivity contribution is 6.18. The monoisotopic (exact) mass is 346 g/mol. The Hall–Kier alpha value is -3.13. The van der Waals surface area contributed by atoms with Gasteiger partial charge in [-0.15, -0.1) is 0 Å². The Balaban J connectivity index is 1.87. The van der Waals surface area contributed by atoms with Crippen LogP contribution >= 0.6 is 0 Å². The van der Waals surface area contributed by atoms with Crippen LogP contribution in [0.25, 0.3) is 0 Å². The number of hydrogen-bond donors (Lipinski definition) is 2. The summed E-state index contributed by atoms with van der Waals surface area (Å²) in [6.07, 6.45) is 0. The molecular formula is C17H12F2N2O4. The molecule has 1 unspecified atom stereocenters. The van der Waals surface area contributed by atoms with Gasteiger partial charge in [-0.05, 0) is 29.3 Å². The summed E-state index contributed by atoms with van der Waals surface area (Å²) >= 11 is 0. The number of halogens is 2. The van der Waals surface area contributed by atoms with Gasteiger partial charge in [-0.2, -0.15) is 5.06 Å². The van der Waals surface area contributed by atoms with Gasteiger partial charge in [0.25, 0.3) is 11.8 Å². The van der Waals surface area contributed by atoms with E-state index in [2.05, 4.69) is 5.32 Å². The number of nitrogens with one attached hydrogen (secondary N) is 1. The summed E-state index contributed by atoms with van der Waals surface area (Å²) in [6, 6.07) is 8.87. The summed E-state index contributed by atoms with van der Waals surface area (Å²) in [5, 5.41) is 11.8. The topological polar surface area (TPSA) is 86.7 Å². The number of carbonyl (C=O) groups is 3. The Bertz CT molecular complexity index is 867. The maximum Gasteiger partial charge on any atom is 0.287 e. The van der Waals surface area contributed by atoms with E-state index in [1.54, 1.807) is 0 Å². The van der Waals surface area contributed by atoms with E-state index in [0.717, 1.165) is 6.07 Å². The van der Waals surface area contributed by atoms with Crippen molar-refractivity contribution in [1.29, 1.82) is 0 Å². The van der Waals surface area contributed by atoms with E-state index in [9.17, 15) is 28.4 Å². The SMILES string of the molecule is O=C(NCc1ccc(F)cc1)C1C(=O)N(O)C(=O)c2c(F)cccc21. The zero-order chi connectivity index (χ0) is 18.1. The number of hydroxylamine groups is 2. The van der Waals surface area contributed by atoms with Gasteiger partial charge in [0.2, 0.25) is 5.91 Å². The fraction of sp³-hybridized carbons (Fsp3) is 0.118. The summed E-state index contributed by atoms with van der Waals surface area (Å²) in [5.74, 6) is -6.14. The third kappa shape index (κ3) is 2.99. The molecule has 3 rings (SSSR count). The molecule has 128 valence electrons. The fourth-order valence-corrected chi connectivity index (χ4v) is 2.62. The number of carbonyl (C=O) groups excluding carboxylic acids is 3. The van der Waals surface area contributed by atoms with Crippen LogP contribution in [0.2, 0.25) is 0 Å². The average molecular weight is 346 g/mol. The van der Waals surface area contributed by atoms with Crippen molar-refractivity contribution in [1.82, 2.24) is 10.4 Å². The van der Waals surface area contributed by atoms with Gasteiger partial charge in [0.1, 0.15) is 17.6 Å². The lowest BCUT2D eigenvalue weighted by molar-refractivity contribution is -0.159. The molecule has 3 amide bonds. The van der Waals surface area contributed by atoms with Crippen molar-refractivity contribution < 1.29 is 28.4 Å². The normalized spacial score (nSPS) is 16.6. The van der Waals surface area contributed by atoms with E-state index < -0.39 is 40.8 Å². The van der Waals surface area contributed by atoms with Crippen molar-refractivity contribution in [3.05, 3.63) is 70.8 Å². The predicted octanol–water partition coefficient (Wildman–Crippen LogP) is 1.74. The van der Waals surface area contributed by atoms with Crippen molar-refractivity contribution in [3.63, 3.8) is 0 Å². The molecule has 2 aromatic rings. The van der Waals surface area contributed by atoms with Gasteiger partial charge >= 0.3 is 0 Å². The molecule has 8 heteroatoms. The molecule has 0 saturated carbocycles. The van der Waals surface area contributed by atoms with Gasteiger partial charge in [-0.25, -0.2) is 8.78 Å². The molecule has 0 radical (unpaired) electrons. The fourth-order valence-electron chi connectivity index (χ4n) is 2.62. The first-order chi connectivity index (χ1) is 11.9. The molecule has 6 nitrogen and oxygen atoms in total. The van der Waals surface area contributed by atoms with E-state index in [4.69, 9.17) is 0 Å². The molecule has 0 fully saturated rings. The zero-order valence-corrected chi connectivity index (χ0v) is 12.7. The average Bonchev–Trinajstić information content (AvgIpc) is 2.59.